The maximum Gasteiger partial charge on any atom is 0.160 e. The first-order valence-electron chi connectivity index (χ1n) is 8.19. The number of hydrogen-bond donors (Lipinski definition) is 1. The molecule has 2 aromatic rings. The number of benzene rings is 1. The van der Waals surface area contributed by atoms with E-state index in [1.54, 1.807) is 13.2 Å². The normalized spacial score (nSPS) is 14.7. The summed E-state index contributed by atoms with van der Waals surface area (Å²) in [5.41, 5.74) is 2.40. The highest BCUT2D eigenvalue weighted by Gasteiger charge is 2.29. The summed E-state index contributed by atoms with van der Waals surface area (Å²) in [7, 11) is 1.58. The number of methoxy groups -OCH3 is 1. The molecule has 1 fully saturated rings. The van der Waals surface area contributed by atoms with Crippen molar-refractivity contribution in [2.24, 2.45) is 0 Å². The molecule has 1 aliphatic carbocycles. The van der Waals surface area contributed by atoms with Gasteiger partial charge in [-0.3, -0.25) is 4.90 Å². The standard InChI is InChI=1S/C18H25N3O2/c1-13(2)21-12-19-9-16(21)11-20(15-5-6-15)10-14-4-7-17(22)18(8-14)23-3/h4,7-9,12-13,15,22H,5-6,10-11H2,1-3H3. The lowest BCUT2D eigenvalue weighted by molar-refractivity contribution is 0.237. The van der Waals surface area contributed by atoms with Crippen molar-refractivity contribution in [1.82, 2.24) is 14.5 Å². The van der Waals surface area contributed by atoms with E-state index >= 15 is 0 Å². The fourth-order valence-corrected chi connectivity index (χ4v) is 2.94. The number of aromatic hydroxyl groups is 1. The van der Waals surface area contributed by atoms with E-state index in [-0.39, 0.29) is 5.75 Å². The van der Waals surface area contributed by atoms with Gasteiger partial charge in [0.1, 0.15) is 0 Å². The Balaban J connectivity index is 1.76. The van der Waals surface area contributed by atoms with Crippen LogP contribution in [0.2, 0.25) is 0 Å². The van der Waals surface area contributed by atoms with E-state index in [4.69, 9.17) is 4.74 Å². The minimum absolute atomic E-state index is 0.187. The maximum atomic E-state index is 9.75. The highest BCUT2D eigenvalue weighted by molar-refractivity contribution is 5.41. The highest BCUT2D eigenvalue weighted by atomic mass is 16.5. The Bertz CT molecular complexity index is 662. The van der Waals surface area contributed by atoms with Crippen LogP contribution in [-0.2, 0) is 13.1 Å². The number of rotatable bonds is 7. The fraction of sp³-hybridized carbons (Fsp3) is 0.500. The molecule has 3 rings (SSSR count). The number of hydrogen-bond acceptors (Lipinski definition) is 4. The van der Waals surface area contributed by atoms with Crippen molar-refractivity contribution in [1.29, 1.82) is 0 Å². The minimum atomic E-state index is 0.187. The Hall–Kier alpha value is -2.01. The molecule has 0 aliphatic heterocycles. The first-order valence-corrected chi connectivity index (χ1v) is 8.19. The van der Waals surface area contributed by atoms with Gasteiger partial charge in [-0.25, -0.2) is 4.98 Å². The van der Waals surface area contributed by atoms with Crippen molar-refractivity contribution in [2.45, 2.75) is 51.9 Å². The average Bonchev–Trinajstić information content (AvgIpc) is 3.27. The van der Waals surface area contributed by atoms with E-state index in [0.29, 0.717) is 17.8 Å². The fourth-order valence-electron chi connectivity index (χ4n) is 2.94. The second kappa shape index (κ2) is 6.62. The van der Waals surface area contributed by atoms with Crippen molar-refractivity contribution in [3.63, 3.8) is 0 Å². The van der Waals surface area contributed by atoms with E-state index in [2.05, 4.69) is 28.3 Å². The number of phenols is 1. The number of imidazole rings is 1. The molecular formula is C18H25N3O2. The predicted molar refractivity (Wildman–Crippen MR) is 89.5 cm³/mol. The number of nitrogens with zero attached hydrogens (tertiary/aromatic N) is 3. The largest absolute Gasteiger partial charge is 0.504 e. The Morgan fingerprint density at radius 2 is 2.13 bits per heavy atom. The van der Waals surface area contributed by atoms with Gasteiger partial charge < -0.3 is 14.4 Å². The second-order valence-corrected chi connectivity index (χ2v) is 6.53. The minimum Gasteiger partial charge on any atom is -0.504 e. The zero-order valence-corrected chi connectivity index (χ0v) is 14.1. The van der Waals surface area contributed by atoms with Crippen molar-refractivity contribution >= 4 is 0 Å². The Kier molecular flexibility index (Phi) is 4.57. The van der Waals surface area contributed by atoms with Gasteiger partial charge in [0, 0.05) is 31.4 Å². The topological polar surface area (TPSA) is 50.5 Å². The summed E-state index contributed by atoms with van der Waals surface area (Å²) < 4.78 is 7.45. The first kappa shape index (κ1) is 15.9. The van der Waals surface area contributed by atoms with E-state index in [1.807, 2.05) is 24.7 Å². The predicted octanol–water partition coefficient (Wildman–Crippen LogP) is 3.34. The second-order valence-electron chi connectivity index (χ2n) is 6.53. The molecule has 1 saturated carbocycles. The van der Waals surface area contributed by atoms with Crippen molar-refractivity contribution < 1.29 is 9.84 Å². The zero-order chi connectivity index (χ0) is 16.4. The van der Waals surface area contributed by atoms with Gasteiger partial charge in [0.05, 0.1) is 19.1 Å². The van der Waals surface area contributed by atoms with Crippen LogP contribution in [0.1, 0.15) is 44.0 Å². The lowest BCUT2D eigenvalue weighted by Gasteiger charge is -2.24. The van der Waals surface area contributed by atoms with Gasteiger partial charge in [0.25, 0.3) is 0 Å². The summed E-state index contributed by atoms with van der Waals surface area (Å²) in [5, 5.41) is 9.75. The molecule has 23 heavy (non-hydrogen) atoms. The van der Waals surface area contributed by atoms with Crippen molar-refractivity contribution in [3.8, 4) is 11.5 Å². The molecule has 0 atom stereocenters. The number of ether oxygens (including phenoxy) is 1. The Morgan fingerprint density at radius 1 is 1.35 bits per heavy atom. The summed E-state index contributed by atoms with van der Waals surface area (Å²) in [6, 6.07) is 6.65. The summed E-state index contributed by atoms with van der Waals surface area (Å²) >= 11 is 0. The number of phenolic OH excluding ortho intramolecular Hbond substituents is 1. The van der Waals surface area contributed by atoms with E-state index in [1.165, 1.54) is 18.5 Å². The molecule has 1 N–H and O–H groups in total. The quantitative estimate of drug-likeness (QED) is 0.851. The molecule has 1 aromatic heterocycles. The molecule has 1 heterocycles. The molecule has 0 unspecified atom stereocenters. The highest BCUT2D eigenvalue weighted by Crippen LogP contribution is 2.32. The lowest BCUT2D eigenvalue weighted by Crippen LogP contribution is -2.26. The molecule has 0 radical (unpaired) electrons. The molecule has 1 aliphatic rings. The van der Waals surface area contributed by atoms with Gasteiger partial charge in [0.15, 0.2) is 11.5 Å². The zero-order valence-electron chi connectivity index (χ0n) is 14.1. The van der Waals surface area contributed by atoms with Crippen LogP contribution in [0.25, 0.3) is 0 Å². The molecule has 0 saturated heterocycles. The van der Waals surface area contributed by atoms with Gasteiger partial charge >= 0.3 is 0 Å². The molecule has 0 amide bonds. The maximum absolute atomic E-state index is 9.75. The smallest absolute Gasteiger partial charge is 0.160 e. The third-order valence-corrected chi connectivity index (χ3v) is 4.36. The van der Waals surface area contributed by atoms with E-state index in [0.717, 1.165) is 18.7 Å². The van der Waals surface area contributed by atoms with Gasteiger partial charge in [-0.2, -0.15) is 0 Å². The molecular weight excluding hydrogens is 290 g/mol. The van der Waals surface area contributed by atoms with Crippen LogP contribution in [0.3, 0.4) is 0 Å². The van der Waals surface area contributed by atoms with E-state index < -0.39 is 0 Å². The van der Waals surface area contributed by atoms with E-state index in [9.17, 15) is 5.11 Å². The van der Waals surface area contributed by atoms with Gasteiger partial charge in [-0.15, -0.1) is 0 Å². The average molecular weight is 315 g/mol. The molecule has 5 nitrogen and oxygen atoms in total. The SMILES string of the molecule is COc1cc(CN(Cc2cncn2C(C)C)C2CC2)ccc1O. The molecule has 5 heteroatoms. The van der Waals surface area contributed by atoms with Gasteiger partial charge in [-0.1, -0.05) is 6.07 Å². The Morgan fingerprint density at radius 3 is 2.78 bits per heavy atom. The molecule has 124 valence electrons. The van der Waals surface area contributed by atoms with Crippen molar-refractivity contribution in [3.05, 3.63) is 42.0 Å². The monoisotopic (exact) mass is 315 g/mol. The molecule has 0 bridgehead atoms. The summed E-state index contributed by atoms with van der Waals surface area (Å²) in [6.45, 7) is 6.10. The third-order valence-electron chi connectivity index (χ3n) is 4.36. The molecule has 1 aromatic carbocycles. The van der Waals surface area contributed by atoms with Crippen molar-refractivity contribution in [2.75, 3.05) is 7.11 Å². The van der Waals surface area contributed by atoms with Crippen LogP contribution in [0.5, 0.6) is 11.5 Å². The summed E-state index contributed by atoms with van der Waals surface area (Å²) in [5.74, 6) is 0.720. The first-order chi connectivity index (χ1) is 11.1. The van der Waals surface area contributed by atoms with Crippen LogP contribution in [0.4, 0.5) is 0 Å². The summed E-state index contributed by atoms with van der Waals surface area (Å²) in [6.07, 6.45) is 6.39. The van der Waals surface area contributed by atoms with Gasteiger partial charge in [-0.05, 0) is 44.4 Å². The Labute approximate surface area is 137 Å². The van der Waals surface area contributed by atoms with Crippen LogP contribution in [0, 0.1) is 0 Å². The number of aromatic nitrogens is 2. The van der Waals surface area contributed by atoms with Crippen LogP contribution in [-0.4, -0.2) is 32.7 Å². The lowest BCUT2D eigenvalue weighted by atomic mass is 10.1. The van der Waals surface area contributed by atoms with Crippen LogP contribution in [0.15, 0.2) is 30.7 Å². The van der Waals surface area contributed by atoms with Gasteiger partial charge in [0.2, 0.25) is 0 Å². The third kappa shape index (κ3) is 3.67. The summed E-state index contributed by atoms with van der Waals surface area (Å²) in [4.78, 5) is 6.79. The van der Waals surface area contributed by atoms with Crippen LogP contribution >= 0.6 is 0 Å². The van der Waals surface area contributed by atoms with Crippen LogP contribution < -0.4 is 4.74 Å². The molecule has 0 spiro atoms.